The Morgan fingerprint density at radius 2 is 1.59 bits per heavy atom. The Balaban J connectivity index is 1.53. The molecular weight excluding hydrogens is 464 g/mol. The number of carbonyl (C=O) groups is 2. The third-order valence-electron chi connectivity index (χ3n) is 13.9. The van der Waals surface area contributed by atoms with Gasteiger partial charge in [-0.3, -0.25) is 9.59 Å². The van der Waals surface area contributed by atoms with Gasteiger partial charge in [0.2, 0.25) is 0 Å². The molecule has 10 atom stereocenters. The lowest BCUT2D eigenvalue weighted by atomic mass is 9.32. The van der Waals surface area contributed by atoms with Crippen LogP contribution >= 0.6 is 0 Å². The highest BCUT2D eigenvalue weighted by molar-refractivity contribution is 5.76. The smallest absolute Gasteiger partial charge is 0.309 e. The van der Waals surface area contributed by atoms with Gasteiger partial charge in [0, 0.05) is 14.0 Å². The molecule has 5 aliphatic carbocycles. The Kier molecular flexibility index (Phi) is 6.65. The number of methoxy groups -OCH3 is 1. The van der Waals surface area contributed by atoms with Crippen molar-refractivity contribution in [2.45, 2.75) is 118 Å². The SMILES string of the molecule is COC(COC(C)=O)C1CCC2(C(=O)O)CC[C@]3(C)C(CCC4C5(C)CCCC(C)(C)C5CCC43C)C12. The molecule has 210 valence electrons. The second kappa shape index (κ2) is 8.96. The van der Waals surface area contributed by atoms with Crippen molar-refractivity contribution in [3.63, 3.8) is 0 Å². The Bertz CT molecular complexity index is 928. The molecule has 0 amide bonds. The standard InChI is InChI=1S/C32H52O5/c1-20(33)37-19-23(36-7)21-11-16-32(27(34)35)18-17-30(5)22(26(21)32)9-10-25-29(4)14-8-13-28(2,3)24(29)12-15-31(25,30)6/h21-26H,8-19H2,1-7H3,(H,34,35)/t21?,22?,23?,24?,25?,26?,29?,30-,31?,32?/m1/s1. The Morgan fingerprint density at radius 3 is 2.24 bits per heavy atom. The van der Waals surface area contributed by atoms with Gasteiger partial charge in [0.05, 0.1) is 11.5 Å². The highest BCUT2D eigenvalue weighted by atomic mass is 16.6. The van der Waals surface area contributed by atoms with Gasteiger partial charge in [0.25, 0.3) is 0 Å². The van der Waals surface area contributed by atoms with E-state index in [1.54, 1.807) is 7.11 Å². The van der Waals surface area contributed by atoms with Crippen molar-refractivity contribution in [1.29, 1.82) is 0 Å². The number of carbonyl (C=O) groups excluding carboxylic acids is 1. The lowest BCUT2D eigenvalue weighted by Gasteiger charge is -2.72. The van der Waals surface area contributed by atoms with Gasteiger partial charge in [-0.25, -0.2) is 0 Å². The number of carboxylic acid groups (broad SMARTS) is 1. The fourth-order valence-electron chi connectivity index (χ4n) is 12.1. The van der Waals surface area contributed by atoms with Gasteiger partial charge in [-0.15, -0.1) is 0 Å². The van der Waals surface area contributed by atoms with E-state index in [4.69, 9.17) is 9.47 Å². The number of esters is 1. The molecule has 1 N–H and O–H groups in total. The zero-order valence-electron chi connectivity index (χ0n) is 24.5. The molecule has 5 nitrogen and oxygen atoms in total. The number of ether oxygens (including phenoxy) is 2. The lowest BCUT2D eigenvalue weighted by Crippen LogP contribution is -2.66. The molecule has 0 heterocycles. The molecule has 0 aromatic heterocycles. The number of carboxylic acids is 1. The second-order valence-electron chi connectivity index (χ2n) is 15.3. The minimum absolute atomic E-state index is 0.0790. The normalized spacial score (nSPS) is 49.1. The first-order chi connectivity index (χ1) is 17.3. The van der Waals surface area contributed by atoms with Crippen LogP contribution in [0.25, 0.3) is 0 Å². The van der Waals surface area contributed by atoms with E-state index in [0.717, 1.165) is 38.0 Å². The Morgan fingerprint density at radius 1 is 0.865 bits per heavy atom. The molecule has 5 heteroatoms. The molecule has 0 spiro atoms. The monoisotopic (exact) mass is 516 g/mol. The summed E-state index contributed by atoms with van der Waals surface area (Å²) in [6.07, 6.45) is 12.1. The summed E-state index contributed by atoms with van der Waals surface area (Å²) in [5.41, 5.74) is 0.473. The van der Waals surface area contributed by atoms with E-state index in [0.29, 0.717) is 22.7 Å². The Labute approximate surface area is 224 Å². The first-order valence-corrected chi connectivity index (χ1v) is 15.2. The van der Waals surface area contributed by atoms with Gasteiger partial charge in [-0.05, 0) is 115 Å². The van der Waals surface area contributed by atoms with Crippen LogP contribution in [0, 0.1) is 56.7 Å². The summed E-state index contributed by atoms with van der Waals surface area (Å²) in [6.45, 7) is 14.5. The Hall–Kier alpha value is -1.10. The zero-order valence-corrected chi connectivity index (χ0v) is 24.5. The molecule has 5 rings (SSSR count). The van der Waals surface area contributed by atoms with Gasteiger partial charge in [0.1, 0.15) is 6.61 Å². The molecule has 5 fully saturated rings. The van der Waals surface area contributed by atoms with Crippen molar-refractivity contribution in [2.75, 3.05) is 13.7 Å². The third-order valence-corrected chi connectivity index (χ3v) is 13.9. The maximum Gasteiger partial charge on any atom is 0.309 e. The zero-order chi connectivity index (χ0) is 27.0. The first kappa shape index (κ1) is 27.5. The van der Waals surface area contributed by atoms with E-state index in [-0.39, 0.29) is 41.3 Å². The van der Waals surface area contributed by atoms with Crippen LogP contribution in [0.5, 0.6) is 0 Å². The van der Waals surface area contributed by atoms with Crippen molar-refractivity contribution in [3.8, 4) is 0 Å². The van der Waals surface area contributed by atoms with Crippen LogP contribution in [0.2, 0.25) is 0 Å². The molecule has 5 saturated carbocycles. The number of fused-ring (bicyclic) bond motifs is 7. The summed E-state index contributed by atoms with van der Waals surface area (Å²) in [7, 11) is 1.70. The quantitative estimate of drug-likeness (QED) is 0.394. The van der Waals surface area contributed by atoms with Crippen molar-refractivity contribution < 1.29 is 24.2 Å². The van der Waals surface area contributed by atoms with Crippen LogP contribution in [0.15, 0.2) is 0 Å². The molecule has 0 aromatic rings. The van der Waals surface area contributed by atoms with E-state index in [1.165, 1.54) is 45.4 Å². The topological polar surface area (TPSA) is 72.8 Å². The van der Waals surface area contributed by atoms with Crippen molar-refractivity contribution in [2.24, 2.45) is 56.7 Å². The van der Waals surface area contributed by atoms with Crippen molar-refractivity contribution >= 4 is 11.9 Å². The van der Waals surface area contributed by atoms with Crippen molar-refractivity contribution in [3.05, 3.63) is 0 Å². The maximum absolute atomic E-state index is 13.0. The molecule has 0 bridgehead atoms. The first-order valence-electron chi connectivity index (χ1n) is 15.2. The van der Waals surface area contributed by atoms with Crippen molar-refractivity contribution in [1.82, 2.24) is 0 Å². The van der Waals surface area contributed by atoms with Gasteiger partial charge in [-0.1, -0.05) is 41.0 Å². The molecule has 5 aliphatic rings. The van der Waals surface area contributed by atoms with Crippen LogP contribution in [-0.2, 0) is 19.1 Å². The molecule has 37 heavy (non-hydrogen) atoms. The summed E-state index contributed by atoms with van der Waals surface area (Å²) >= 11 is 0. The predicted octanol–water partition coefficient (Wildman–Crippen LogP) is 7.12. The molecule has 0 saturated heterocycles. The summed E-state index contributed by atoms with van der Waals surface area (Å²) in [6, 6.07) is 0. The molecule has 9 unspecified atom stereocenters. The van der Waals surface area contributed by atoms with Crippen LogP contribution in [0.4, 0.5) is 0 Å². The summed E-state index contributed by atoms with van der Waals surface area (Å²) < 4.78 is 11.4. The van der Waals surface area contributed by atoms with Gasteiger partial charge < -0.3 is 14.6 Å². The fraction of sp³-hybridized carbons (Fsp3) is 0.938. The van der Waals surface area contributed by atoms with Gasteiger partial charge in [0.15, 0.2) is 0 Å². The van der Waals surface area contributed by atoms with Gasteiger partial charge in [-0.2, -0.15) is 0 Å². The third kappa shape index (κ3) is 3.71. The van der Waals surface area contributed by atoms with Crippen LogP contribution in [0.3, 0.4) is 0 Å². The minimum atomic E-state index is -0.668. The van der Waals surface area contributed by atoms with Crippen LogP contribution in [0.1, 0.15) is 112 Å². The number of rotatable bonds is 5. The largest absolute Gasteiger partial charge is 0.481 e. The second-order valence-corrected chi connectivity index (χ2v) is 15.3. The average molecular weight is 517 g/mol. The summed E-state index contributed by atoms with van der Waals surface area (Å²) in [5.74, 6) is 1.15. The summed E-state index contributed by atoms with van der Waals surface area (Å²) in [4.78, 5) is 24.6. The van der Waals surface area contributed by atoms with Crippen LogP contribution in [-0.4, -0.2) is 36.9 Å². The highest BCUT2D eigenvalue weighted by Gasteiger charge is 2.72. The predicted molar refractivity (Wildman–Crippen MR) is 144 cm³/mol. The maximum atomic E-state index is 13.0. The van der Waals surface area contributed by atoms with E-state index < -0.39 is 11.4 Å². The minimum Gasteiger partial charge on any atom is -0.481 e. The molecule has 0 aliphatic heterocycles. The average Bonchev–Trinajstić information content (AvgIpc) is 3.20. The lowest BCUT2D eigenvalue weighted by molar-refractivity contribution is -0.241. The highest BCUT2D eigenvalue weighted by Crippen LogP contribution is 2.77. The number of aliphatic carboxylic acids is 1. The molecule has 0 aromatic carbocycles. The van der Waals surface area contributed by atoms with E-state index in [1.807, 2.05) is 0 Å². The van der Waals surface area contributed by atoms with Crippen LogP contribution < -0.4 is 0 Å². The summed E-state index contributed by atoms with van der Waals surface area (Å²) in [5, 5.41) is 10.7. The fourth-order valence-corrected chi connectivity index (χ4v) is 12.1. The van der Waals surface area contributed by atoms with E-state index in [9.17, 15) is 14.7 Å². The van der Waals surface area contributed by atoms with E-state index >= 15 is 0 Å². The number of hydrogen-bond donors (Lipinski definition) is 1. The van der Waals surface area contributed by atoms with Gasteiger partial charge >= 0.3 is 11.9 Å². The number of hydrogen-bond acceptors (Lipinski definition) is 4. The molecule has 0 radical (unpaired) electrons. The van der Waals surface area contributed by atoms with E-state index in [2.05, 4.69) is 34.6 Å². The molecular formula is C32H52O5.